The molecule has 2 heterocycles. The van der Waals surface area contributed by atoms with E-state index in [4.69, 9.17) is 19.3 Å². The van der Waals surface area contributed by atoms with Gasteiger partial charge in [0.25, 0.3) is 0 Å². The summed E-state index contributed by atoms with van der Waals surface area (Å²) in [7, 11) is 0. The predicted molar refractivity (Wildman–Crippen MR) is 128 cm³/mol. The van der Waals surface area contributed by atoms with Gasteiger partial charge in [0.15, 0.2) is 0 Å². The normalized spacial score (nSPS) is 25.2. The number of aromatic amines is 1. The first-order valence-corrected chi connectivity index (χ1v) is 12.0. The van der Waals surface area contributed by atoms with Crippen LogP contribution in [0.5, 0.6) is 11.6 Å². The van der Waals surface area contributed by atoms with Crippen molar-refractivity contribution in [3.63, 3.8) is 0 Å². The summed E-state index contributed by atoms with van der Waals surface area (Å²) in [6.07, 6.45) is -7.27. The van der Waals surface area contributed by atoms with Gasteiger partial charge in [0.05, 0.1) is 13.2 Å². The average Bonchev–Trinajstić information content (AvgIpc) is 3.26. The van der Waals surface area contributed by atoms with Crippen LogP contribution in [0.25, 0.3) is 0 Å². The van der Waals surface area contributed by atoms with Crippen molar-refractivity contribution < 1.29 is 44.8 Å². The van der Waals surface area contributed by atoms with Crippen molar-refractivity contribution in [1.82, 2.24) is 15.5 Å². The summed E-state index contributed by atoms with van der Waals surface area (Å²) in [5, 5.41) is 68.6. The number of hydrogen-bond donors (Lipinski definition) is 8. The molecule has 2 aromatic rings. The molecule has 0 saturated carbocycles. The third kappa shape index (κ3) is 7.14. The van der Waals surface area contributed by atoms with E-state index in [1.165, 1.54) is 0 Å². The van der Waals surface area contributed by atoms with E-state index in [-0.39, 0.29) is 25.0 Å². The van der Waals surface area contributed by atoms with Crippen LogP contribution in [-0.4, -0.2) is 111 Å². The van der Waals surface area contributed by atoms with Crippen LogP contribution in [-0.2, 0) is 11.2 Å². The van der Waals surface area contributed by atoms with Crippen molar-refractivity contribution in [2.24, 2.45) is 0 Å². The van der Waals surface area contributed by atoms with Gasteiger partial charge < -0.3 is 50.2 Å². The lowest BCUT2D eigenvalue weighted by atomic mass is 9.98. The fourth-order valence-corrected chi connectivity index (χ4v) is 3.89. The predicted octanol–water partition coefficient (Wildman–Crippen LogP) is -1.38. The average molecular weight is 512 g/mol. The fraction of sp³-hybridized carbons (Fsp3) is 0.625. The third-order valence-electron chi connectivity index (χ3n) is 5.93. The minimum Gasteiger partial charge on any atom is -0.491 e. The van der Waals surface area contributed by atoms with Crippen molar-refractivity contribution >= 4 is 0 Å². The van der Waals surface area contributed by atoms with Gasteiger partial charge in [-0.05, 0) is 23.6 Å². The molecule has 8 N–H and O–H groups in total. The molecule has 1 aromatic carbocycles. The Bertz CT molecular complexity index is 922. The van der Waals surface area contributed by atoms with E-state index in [9.17, 15) is 25.5 Å². The van der Waals surface area contributed by atoms with Crippen LogP contribution >= 0.6 is 0 Å². The zero-order chi connectivity index (χ0) is 26.2. The van der Waals surface area contributed by atoms with Crippen molar-refractivity contribution in [1.29, 1.82) is 0 Å². The molecule has 0 spiro atoms. The molecule has 36 heavy (non-hydrogen) atoms. The lowest BCUT2D eigenvalue weighted by molar-refractivity contribution is -0.278. The van der Waals surface area contributed by atoms with E-state index < -0.39 is 43.4 Å². The number of hydrogen-bond acceptors (Lipinski definition) is 11. The number of ether oxygens (including phenoxy) is 3. The Kier molecular flexibility index (Phi) is 10.5. The molecule has 3 rings (SSSR count). The van der Waals surface area contributed by atoms with E-state index in [0.717, 1.165) is 16.8 Å². The zero-order valence-electron chi connectivity index (χ0n) is 20.4. The minimum absolute atomic E-state index is 0.000497. The SMILES string of the molecule is CC(C)c1[nH]nc(O[C@@H]2O[C@H](CO)[C@@H](O)[C@H](O)[C@H]2O)c1Cc1ccc(OCC(O)CNCCO)cc1. The Morgan fingerprint density at radius 2 is 1.81 bits per heavy atom. The highest BCUT2D eigenvalue weighted by atomic mass is 16.7. The fourth-order valence-electron chi connectivity index (χ4n) is 3.89. The van der Waals surface area contributed by atoms with Gasteiger partial charge in [0, 0.05) is 30.8 Å². The highest BCUT2D eigenvalue weighted by molar-refractivity contribution is 5.39. The van der Waals surface area contributed by atoms with E-state index in [2.05, 4.69) is 15.5 Å². The summed E-state index contributed by atoms with van der Waals surface area (Å²) in [4.78, 5) is 0. The molecule has 1 aromatic heterocycles. The number of aliphatic hydroxyl groups is 6. The minimum atomic E-state index is -1.55. The van der Waals surface area contributed by atoms with Crippen LogP contribution < -0.4 is 14.8 Å². The molecule has 1 aliphatic heterocycles. The highest BCUT2D eigenvalue weighted by Gasteiger charge is 2.45. The molecule has 12 nitrogen and oxygen atoms in total. The molecule has 0 bridgehead atoms. The number of H-pyrrole nitrogens is 1. The van der Waals surface area contributed by atoms with Crippen LogP contribution in [0.2, 0.25) is 0 Å². The number of aliphatic hydroxyl groups excluding tert-OH is 6. The van der Waals surface area contributed by atoms with E-state index in [1.54, 1.807) is 12.1 Å². The lowest BCUT2D eigenvalue weighted by Crippen LogP contribution is -2.60. The Hall–Kier alpha value is -2.29. The first-order chi connectivity index (χ1) is 17.2. The van der Waals surface area contributed by atoms with Crippen LogP contribution in [0.3, 0.4) is 0 Å². The maximum absolute atomic E-state index is 10.3. The van der Waals surface area contributed by atoms with Gasteiger partial charge in [-0.2, -0.15) is 0 Å². The van der Waals surface area contributed by atoms with Gasteiger partial charge >= 0.3 is 0 Å². The molecule has 1 aliphatic rings. The zero-order valence-corrected chi connectivity index (χ0v) is 20.4. The summed E-state index contributed by atoms with van der Waals surface area (Å²) in [5.41, 5.74) is 2.49. The van der Waals surface area contributed by atoms with Crippen molar-refractivity contribution in [3.05, 3.63) is 41.1 Å². The van der Waals surface area contributed by atoms with Gasteiger partial charge in [-0.25, -0.2) is 0 Å². The molecule has 202 valence electrons. The molecule has 12 heteroatoms. The van der Waals surface area contributed by atoms with Crippen molar-refractivity contribution in [2.75, 3.05) is 32.9 Å². The van der Waals surface area contributed by atoms with Crippen LogP contribution in [0, 0.1) is 0 Å². The maximum atomic E-state index is 10.3. The Balaban J connectivity index is 1.68. The maximum Gasteiger partial charge on any atom is 0.238 e. The Labute approximate surface area is 209 Å². The number of nitrogens with zero attached hydrogens (tertiary/aromatic N) is 1. The number of nitrogens with one attached hydrogen (secondary N) is 2. The second kappa shape index (κ2) is 13.3. The Morgan fingerprint density at radius 1 is 1.08 bits per heavy atom. The standard InChI is InChI=1S/C24H37N3O9/c1-13(2)19-17(9-14-3-5-16(6-4-14)34-12-15(30)10-25-7-8-28)23(27-26-19)36-24-22(33)21(32)20(31)18(11-29)35-24/h3-6,13,15,18,20-22,24-25,28-33H,7-12H2,1-2H3,(H,26,27)/t15?,18-,20-,21+,22-,24+/m1/s1. The second-order valence-corrected chi connectivity index (χ2v) is 9.10. The third-order valence-corrected chi connectivity index (χ3v) is 5.93. The first-order valence-electron chi connectivity index (χ1n) is 12.0. The Morgan fingerprint density at radius 3 is 2.44 bits per heavy atom. The van der Waals surface area contributed by atoms with Gasteiger partial charge in [-0.3, -0.25) is 5.10 Å². The number of aromatic nitrogens is 2. The second-order valence-electron chi connectivity index (χ2n) is 9.10. The van der Waals surface area contributed by atoms with Crippen molar-refractivity contribution in [2.45, 2.75) is 63.0 Å². The summed E-state index contributed by atoms with van der Waals surface area (Å²) >= 11 is 0. The highest BCUT2D eigenvalue weighted by Crippen LogP contribution is 2.31. The molecule has 1 saturated heterocycles. The molecular formula is C24H37N3O9. The molecule has 1 fully saturated rings. The molecular weight excluding hydrogens is 474 g/mol. The van der Waals surface area contributed by atoms with Crippen molar-refractivity contribution in [3.8, 4) is 11.6 Å². The largest absolute Gasteiger partial charge is 0.491 e. The van der Waals surface area contributed by atoms with Crippen LogP contribution in [0.4, 0.5) is 0 Å². The molecule has 0 aliphatic carbocycles. The molecule has 6 atom stereocenters. The van der Waals surface area contributed by atoms with E-state index in [0.29, 0.717) is 25.3 Å². The summed E-state index contributed by atoms with van der Waals surface area (Å²) < 4.78 is 16.9. The van der Waals surface area contributed by atoms with Gasteiger partial charge in [-0.1, -0.05) is 26.0 Å². The van der Waals surface area contributed by atoms with Crippen LogP contribution in [0.15, 0.2) is 24.3 Å². The lowest BCUT2D eigenvalue weighted by Gasteiger charge is -2.39. The first kappa shape index (κ1) is 28.3. The summed E-state index contributed by atoms with van der Waals surface area (Å²) in [5.74, 6) is 0.860. The summed E-state index contributed by atoms with van der Waals surface area (Å²) in [6, 6.07) is 7.33. The topological polar surface area (TPSA) is 190 Å². The van der Waals surface area contributed by atoms with Gasteiger partial charge in [0.2, 0.25) is 12.2 Å². The number of benzene rings is 1. The quantitative estimate of drug-likeness (QED) is 0.148. The van der Waals surface area contributed by atoms with Gasteiger partial charge in [0.1, 0.15) is 42.9 Å². The molecule has 0 amide bonds. The molecule has 0 radical (unpaired) electrons. The van der Waals surface area contributed by atoms with E-state index in [1.807, 2.05) is 26.0 Å². The smallest absolute Gasteiger partial charge is 0.238 e. The van der Waals surface area contributed by atoms with E-state index >= 15 is 0 Å². The monoisotopic (exact) mass is 511 g/mol. The summed E-state index contributed by atoms with van der Waals surface area (Å²) in [6.45, 7) is 4.25. The van der Waals surface area contributed by atoms with Gasteiger partial charge in [-0.15, -0.1) is 5.10 Å². The molecule has 1 unspecified atom stereocenters. The van der Waals surface area contributed by atoms with Crippen LogP contribution in [0.1, 0.15) is 36.6 Å². The number of rotatable bonds is 13.